The van der Waals surface area contributed by atoms with Gasteiger partial charge in [0.05, 0.1) is 0 Å². The van der Waals surface area contributed by atoms with Gasteiger partial charge in [-0.1, -0.05) is 60.7 Å². The first-order valence-corrected chi connectivity index (χ1v) is 12.2. The maximum Gasteiger partial charge on any atom is 0.253 e. The van der Waals surface area contributed by atoms with Gasteiger partial charge in [0.2, 0.25) is 11.0 Å². The van der Waals surface area contributed by atoms with E-state index >= 15 is 0 Å². The van der Waals surface area contributed by atoms with Gasteiger partial charge in [-0.15, -0.1) is 21.5 Å². The minimum Gasteiger partial charge on any atom is -0.345 e. The van der Waals surface area contributed by atoms with Crippen molar-refractivity contribution >= 4 is 39.6 Å². The van der Waals surface area contributed by atoms with Crippen LogP contribution in [0, 0.1) is 5.92 Å². The number of nitrogens with zero attached hydrogens (tertiary/aromatic N) is 3. The van der Waals surface area contributed by atoms with Crippen LogP contribution in [0.2, 0.25) is 0 Å². The van der Waals surface area contributed by atoms with E-state index in [-0.39, 0.29) is 23.7 Å². The third kappa shape index (κ3) is 5.18. The van der Waals surface area contributed by atoms with Crippen molar-refractivity contribution in [2.45, 2.75) is 12.8 Å². The van der Waals surface area contributed by atoms with Gasteiger partial charge in [-0.2, -0.15) is 0 Å². The average molecular weight is 477 g/mol. The minimum atomic E-state index is -0.317. The number of hydrogen-bond acceptors (Lipinski definition) is 6. The molecule has 2 heterocycles. The lowest BCUT2D eigenvalue weighted by molar-refractivity contribution is -0.119. The van der Waals surface area contributed by atoms with Gasteiger partial charge in [-0.3, -0.25) is 9.59 Å². The highest BCUT2D eigenvalue weighted by molar-refractivity contribution is 7.15. The fourth-order valence-electron chi connectivity index (χ4n) is 3.67. The van der Waals surface area contributed by atoms with Gasteiger partial charge in [0.1, 0.15) is 5.51 Å². The maximum atomic E-state index is 13.0. The predicted molar refractivity (Wildman–Crippen MR) is 134 cm³/mol. The van der Waals surface area contributed by atoms with Gasteiger partial charge >= 0.3 is 0 Å². The smallest absolute Gasteiger partial charge is 0.253 e. The number of carbonyl (C=O) groups excluding carboxylic acids is 2. The molecule has 0 aliphatic heterocycles. The van der Waals surface area contributed by atoms with Crippen molar-refractivity contribution in [1.82, 2.24) is 15.1 Å². The number of hydrogen-bond donors (Lipinski definition) is 1. The number of benzene rings is 2. The van der Waals surface area contributed by atoms with Crippen molar-refractivity contribution in [1.29, 1.82) is 0 Å². The van der Waals surface area contributed by atoms with Crippen LogP contribution in [-0.4, -0.2) is 41.0 Å². The lowest BCUT2D eigenvalue weighted by atomic mass is 9.85. The number of aromatic nitrogens is 2. The van der Waals surface area contributed by atoms with Crippen molar-refractivity contribution in [3.05, 3.63) is 88.2 Å². The summed E-state index contributed by atoms with van der Waals surface area (Å²) in [4.78, 5) is 29.0. The SMILES string of the molecule is CC(C(=O)Nc1nncs1)C(c1ccccc1)c1ccc(-c2ccc(C(=O)N(C)C)cc2)s1. The summed E-state index contributed by atoms with van der Waals surface area (Å²) in [5, 5.41) is 11.1. The van der Waals surface area contributed by atoms with Crippen LogP contribution in [0.25, 0.3) is 10.4 Å². The summed E-state index contributed by atoms with van der Waals surface area (Å²) in [5.74, 6) is -0.537. The molecule has 0 fully saturated rings. The number of amides is 2. The van der Waals surface area contributed by atoms with Gasteiger partial charge in [0, 0.05) is 41.2 Å². The molecular weight excluding hydrogens is 452 g/mol. The molecule has 0 bridgehead atoms. The van der Waals surface area contributed by atoms with Crippen molar-refractivity contribution in [3.8, 4) is 10.4 Å². The van der Waals surface area contributed by atoms with Crippen molar-refractivity contribution in [2.24, 2.45) is 5.92 Å². The first kappa shape index (κ1) is 22.8. The molecule has 0 aliphatic rings. The van der Waals surface area contributed by atoms with Crippen LogP contribution >= 0.6 is 22.7 Å². The van der Waals surface area contributed by atoms with Crippen LogP contribution in [0.15, 0.2) is 72.2 Å². The zero-order valence-corrected chi connectivity index (χ0v) is 20.2. The molecule has 0 aliphatic carbocycles. The second-order valence-electron chi connectivity index (χ2n) is 7.89. The minimum absolute atomic E-state index is 0.0205. The average Bonchev–Trinajstić information content (AvgIpc) is 3.52. The number of carbonyl (C=O) groups is 2. The Morgan fingerprint density at radius 2 is 1.70 bits per heavy atom. The molecule has 33 heavy (non-hydrogen) atoms. The third-order valence-electron chi connectivity index (χ3n) is 5.42. The Labute approximate surface area is 200 Å². The lowest BCUT2D eigenvalue weighted by Gasteiger charge is -2.22. The van der Waals surface area contributed by atoms with Crippen molar-refractivity contribution in [3.63, 3.8) is 0 Å². The van der Waals surface area contributed by atoms with E-state index in [0.717, 1.165) is 20.9 Å². The third-order valence-corrected chi connectivity index (χ3v) is 7.24. The van der Waals surface area contributed by atoms with Gasteiger partial charge in [-0.05, 0) is 35.4 Å². The first-order valence-electron chi connectivity index (χ1n) is 10.5. The van der Waals surface area contributed by atoms with Crippen LogP contribution in [0.5, 0.6) is 0 Å². The Kier molecular flexibility index (Phi) is 6.96. The molecule has 2 atom stereocenters. The normalized spacial score (nSPS) is 12.7. The van der Waals surface area contributed by atoms with Gasteiger partial charge in [0.25, 0.3) is 5.91 Å². The molecule has 4 rings (SSSR count). The van der Waals surface area contributed by atoms with Gasteiger partial charge in [-0.25, -0.2) is 0 Å². The molecule has 0 radical (unpaired) electrons. The van der Waals surface area contributed by atoms with E-state index < -0.39 is 0 Å². The molecule has 6 nitrogen and oxygen atoms in total. The summed E-state index contributed by atoms with van der Waals surface area (Å²) in [7, 11) is 3.49. The number of thiophene rings is 1. The first-order chi connectivity index (χ1) is 15.9. The summed E-state index contributed by atoms with van der Waals surface area (Å²) in [6, 6.07) is 21.9. The second kappa shape index (κ2) is 10.1. The number of rotatable bonds is 7. The second-order valence-corrected chi connectivity index (χ2v) is 9.84. The summed E-state index contributed by atoms with van der Waals surface area (Å²) in [6.07, 6.45) is 0. The fourth-order valence-corrected chi connectivity index (χ4v) is 5.36. The van der Waals surface area contributed by atoms with E-state index in [0.29, 0.717) is 10.7 Å². The Bertz CT molecular complexity index is 1220. The molecule has 4 aromatic rings. The van der Waals surface area contributed by atoms with Gasteiger partial charge < -0.3 is 10.2 Å². The molecule has 1 N–H and O–H groups in total. The van der Waals surface area contributed by atoms with Gasteiger partial charge in [0.15, 0.2) is 0 Å². The lowest BCUT2D eigenvalue weighted by Crippen LogP contribution is -2.26. The maximum absolute atomic E-state index is 13.0. The molecule has 0 saturated heterocycles. The monoisotopic (exact) mass is 476 g/mol. The van der Waals surface area contributed by atoms with Crippen LogP contribution in [-0.2, 0) is 4.79 Å². The molecule has 2 aromatic heterocycles. The quantitative estimate of drug-likeness (QED) is 0.389. The van der Waals surface area contributed by atoms with E-state index in [1.54, 1.807) is 35.8 Å². The zero-order chi connectivity index (χ0) is 23.4. The molecule has 168 valence electrons. The van der Waals surface area contributed by atoms with E-state index in [1.165, 1.54) is 11.3 Å². The van der Waals surface area contributed by atoms with Crippen LogP contribution < -0.4 is 5.32 Å². The zero-order valence-electron chi connectivity index (χ0n) is 18.6. The van der Waals surface area contributed by atoms with E-state index in [2.05, 4.69) is 39.8 Å². The van der Waals surface area contributed by atoms with Crippen LogP contribution in [0.4, 0.5) is 5.13 Å². The highest BCUT2D eigenvalue weighted by Crippen LogP contribution is 2.39. The number of nitrogens with one attached hydrogen (secondary N) is 1. The topological polar surface area (TPSA) is 75.2 Å². The molecule has 0 spiro atoms. The summed E-state index contributed by atoms with van der Waals surface area (Å²) in [6.45, 7) is 1.94. The standard InChI is InChI=1S/C25H24N4O2S2/c1-16(23(30)27-25-28-26-15-32-25)22(18-7-5-4-6-8-18)21-14-13-20(33-21)17-9-11-19(12-10-17)24(31)29(2)3/h4-16,22H,1-3H3,(H,27,28,30). The number of anilines is 1. The van der Waals surface area contributed by atoms with Crippen LogP contribution in [0.3, 0.4) is 0 Å². The highest BCUT2D eigenvalue weighted by Gasteiger charge is 2.29. The van der Waals surface area contributed by atoms with E-state index in [9.17, 15) is 9.59 Å². The van der Waals surface area contributed by atoms with Crippen LogP contribution in [0.1, 0.15) is 33.6 Å². The highest BCUT2D eigenvalue weighted by atomic mass is 32.1. The van der Waals surface area contributed by atoms with E-state index in [4.69, 9.17) is 0 Å². The molecule has 2 aromatic carbocycles. The molecule has 2 unspecified atom stereocenters. The molecular formula is C25H24N4O2S2. The summed E-state index contributed by atoms with van der Waals surface area (Å²) in [5.41, 5.74) is 4.37. The fraction of sp³-hybridized carbons (Fsp3) is 0.200. The van der Waals surface area contributed by atoms with Crippen molar-refractivity contribution < 1.29 is 9.59 Å². The molecule has 2 amide bonds. The van der Waals surface area contributed by atoms with E-state index in [1.807, 2.05) is 49.4 Å². The Balaban J connectivity index is 1.62. The molecule has 8 heteroatoms. The Morgan fingerprint density at radius 1 is 0.970 bits per heavy atom. The predicted octanol–water partition coefficient (Wildman–Crippen LogP) is 5.38. The largest absolute Gasteiger partial charge is 0.345 e. The summed E-state index contributed by atoms with van der Waals surface area (Å²) < 4.78 is 0. The molecule has 0 saturated carbocycles. The summed E-state index contributed by atoms with van der Waals surface area (Å²) >= 11 is 2.96. The Morgan fingerprint density at radius 3 is 2.33 bits per heavy atom. The Hall–Kier alpha value is -3.36. The van der Waals surface area contributed by atoms with Crippen molar-refractivity contribution in [2.75, 3.05) is 19.4 Å².